The van der Waals surface area contributed by atoms with Crippen LogP contribution in [0.5, 0.6) is 11.5 Å². The van der Waals surface area contributed by atoms with Crippen LogP contribution in [0.15, 0.2) is 60.7 Å². The number of nitrogens with one attached hydrogen (secondary N) is 2. The van der Waals surface area contributed by atoms with Crippen molar-refractivity contribution >= 4 is 40.0 Å². The summed E-state index contributed by atoms with van der Waals surface area (Å²) in [6.45, 7) is 1.93. The third-order valence-corrected chi connectivity index (χ3v) is 5.04. The first-order chi connectivity index (χ1) is 15.5. The van der Waals surface area contributed by atoms with E-state index in [0.29, 0.717) is 16.8 Å². The predicted molar refractivity (Wildman–Crippen MR) is 127 cm³/mol. The van der Waals surface area contributed by atoms with Crippen molar-refractivity contribution in [1.82, 2.24) is 20.3 Å². The van der Waals surface area contributed by atoms with Crippen LogP contribution in [0.25, 0.3) is 16.7 Å². The first-order valence-electron chi connectivity index (χ1n) is 9.75. The Labute approximate surface area is 190 Å². The Hall–Kier alpha value is -3.98. The molecule has 1 amide bonds. The Kier molecular flexibility index (Phi) is 6.00. The van der Waals surface area contributed by atoms with Gasteiger partial charge in [-0.2, -0.15) is 4.80 Å². The van der Waals surface area contributed by atoms with Crippen molar-refractivity contribution in [1.29, 1.82) is 0 Å². The summed E-state index contributed by atoms with van der Waals surface area (Å²) >= 11 is 5.33. The molecule has 2 N–H and O–H groups in total. The van der Waals surface area contributed by atoms with Gasteiger partial charge >= 0.3 is 0 Å². The van der Waals surface area contributed by atoms with Crippen molar-refractivity contribution in [3.63, 3.8) is 0 Å². The number of carbonyl (C=O) groups excluding carboxylic acids is 1. The Balaban J connectivity index is 1.51. The molecule has 4 aromatic rings. The van der Waals surface area contributed by atoms with Crippen LogP contribution in [0, 0.1) is 6.92 Å². The van der Waals surface area contributed by atoms with E-state index in [1.165, 1.54) is 0 Å². The van der Waals surface area contributed by atoms with Crippen LogP contribution in [0.4, 0.5) is 5.69 Å². The van der Waals surface area contributed by atoms with E-state index in [-0.39, 0.29) is 11.0 Å². The molecule has 0 fully saturated rings. The van der Waals surface area contributed by atoms with Crippen LogP contribution < -0.4 is 20.1 Å². The molecule has 0 aliphatic heterocycles. The van der Waals surface area contributed by atoms with E-state index in [4.69, 9.17) is 21.7 Å². The molecule has 0 aliphatic rings. The van der Waals surface area contributed by atoms with Gasteiger partial charge in [-0.3, -0.25) is 10.1 Å². The highest BCUT2D eigenvalue weighted by atomic mass is 32.1. The van der Waals surface area contributed by atoms with Gasteiger partial charge in [-0.25, -0.2) is 0 Å². The molecule has 0 spiro atoms. The lowest BCUT2D eigenvalue weighted by Crippen LogP contribution is -2.34. The number of fused-ring (bicyclic) bond motifs is 1. The van der Waals surface area contributed by atoms with Crippen molar-refractivity contribution in [2.24, 2.45) is 0 Å². The van der Waals surface area contributed by atoms with E-state index in [0.717, 1.165) is 28.2 Å². The molecule has 0 saturated heterocycles. The fraction of sp³-hybridized carbons (Fsp3) is 0.130. The van der Waals surface area contributed by atoms with Gasteiger partial charge in [0.25, 0.3) is 5.91 Å². The SMILES string of the molecule is COc1ccc(-n2nc3cc(C)c(NC(=S)NC(=O)c4cccc(OC)c4)cc3n2)cc1. The number of rotatable bonds is 5. The van der Waals surface area contributed by atoms with Crippen molar-refractivity contribution in [2.75, 3.05) is 19.5 Å². The van der Waals surface area contributed by atoms with Gasteiger partial charge in [0.2, 0.25) is 0 Å². The van der Waals surface area contributed by atoms with Gasteiger partial charge in [0.1, 0.15) is 22.5 Å². The minimum absolute atomic E-state index is 0.183. The third-order valence-electron chi connectivity index (χ3n) is 4.84. The molecule has 162 valence electrons. The summed E-state index contributed by atoms with van der Waals surface area (Å²) in [5.74, 6) is 1.03. The van der Waals surface area contributed by atoms with Gasteiger partial charge in [0.15, 0.2) is 5.11 Å². The summed E-state index contributed by atoms with van der Waals surface area (Å²) in [5, 5.41) is 15.0. The zero-order valence-corrected chi connectivity index (χ0v) is 18.6. The maximum Gasteiger partial charge on any atom is 0.257 e. The summed E-state index contributed by atoms with van der Waals surface area (Å²) in [5.41, 5.74) is 4.34. The molecule has 4 rings (SSSR count). The molecule has 3 aromatic carbocycles. The van der Waals surface area contributed by atoms with E-state index in [9.17, 15) is 4.79 Å². The number of methoxy groups -OCH3 is 2. The molecule has 9 heteroatoms. The van der Waals surface area contributed by atoms with Gasteiger partial charge in [-0.15, -0.1) is 10.2 Å². The van der Waals surface area contributed by atoms with Crippen LogP contribution in [0.1, 0.15) is 15.9 Å². The second kappa shape index (κ2) is 9.03. The smallest absolute Gasteiger partial charge is 0.257 e. The van der Waals surface area contributed by atoms with Gasteiger partial charge in [-0.1, -0.05) is 6.07 Å². The maximum absolute atomic E-state index is 12.5. The van der Waals surface area contributed by atoms with Crippen LogP contribution >= 0.6 is 12.2 Å². The molecule has 0 saturated carbocycles. The molecule has 0 bridgehead atoms. The van der Waals surface area contributed by atoms with E-state index in [2.05, 4.69) is 20.8 Å². The van der Waals surface area contributed by atoms with Crippen LogP contribution in [0.3, 0.4) is 0 Å². The Morgan fingerprint density at radius 3 is 2.31 bits per heavy atom. The van der Waals surface area contributed by atoms with Crippen molar-refractivity contribution in [3.8, 4) is 17.2 Å². The van der Waals surface area contributed by atoms with Gasteiger partial charge in [0, 0.05) is 11.3 Å². The molecular weight excluding hydrogens is 426 g/mol. The topological polar surface area (TPSA) is 90.3 Å². The van der Waals surface area contributed by atoms with E-state index in [1.807, 2.05) is 43.3 Å². The monoisotopic (exact) mass is 447 g/mol. The number of aromatic nitrogens is 3. The summed E-state index contributed by atoms with van der Waals surface area (Å²) in [6, 6.07) is 18.1. The zero-order chi connectivity index (χ0) is 22.7. The molecule has 0 radical (unpaired) electrons. The number of nitrogens with zero attached hydrogens (tertiary/aromatic N) is 3. The molecule has 8 nitrogen and oxygen atoms in total. The normalized spacial score (nSPS) is 10.6. The molecule has 1 aromatic heterocycles. The lowest BCUT2D eigenvalue weighted by molar-refractivity contribution is 0.0977. The molecule has 32 heavy (non-hydrogen) atoms. The number of aryl methyl sites for hydroxylation is 1. The second-order valence-corrected chi connectivity index (χ2v) is 7.39. The Morgan fingerprint density at radius 2 is 1.62 bits per heavy atom. The van der Waals surface area contributed by atoms with E-state index in [1.54, 1.807) is 43.3 Å². The summed E-state index contributed by atoms with van der Waals surface area (Å²) in [4.78, 5) is 14.1. The number of amides is 1. The predicted octanol–water partition coefficient (Wildman–Crippen LogP) is 3.87. The molecule has 1 heterocycles. The van der Waals surface area contributed by atoms with E-state index >= 15 is 0 Å². The summed E-state index contributed by atoms with van der Waals surface area (Å²) < 4.78 is 10.4. The highest BCUT2D eigenvalue weighted by Crippen LogP contribution is 2.23. The number of thiocarbonyl (C=S) groups is 1. The Morgan fingerprint density at radius 1 is 0.938 bits per heavy atom. The lowest BCUT2D eigenvalue weighted by Gasteiger charge is -2.12. The number of carbonyl (C=O) groups is 1. The summed E-state index contributed by atoms with van der Waals surface area (Å²) in [6.07, 6.45) is 0. The quantitative estimate of drug-likeness (QED) is 0.449. The minimum atomic E-state index is -0.328. The van der Waals surface area contributed by atoms with Gasteiger partial charge in [-0.05, 0) is 79.3 Å². The number of benzene rings is 3. The number of hydrogen-bond donors (Lipinski definition) is 2. The third kappa shape index (κ3) is 4.52. The fourth-order valence-corrected chi connectivity index (χ4v) is 3.33. The largest absolute Gasteiger partial charge is 0.497 e. The molecular formula is C23H21N5O3S. The van der Waals surface area contributed by atoms with Gasteiger partial charge in [0.05, 0.1) is 19.9 Å². The number of hydrogen-bond acceptors (Lipinski definition) is 6. The molecule has 0 aliphatic carbocycles. The van der Waals surface area contributed by atoms with Crippen LogP contribution in [-0.2, 0) is 0 Å². The van der Waals surface area contributed by atoms with Gasteiger partial charge < -0.3 is 14.8 Å². The fourth-order valence-electron chi connectivity index (χ4n) is 3.13. The summed E-state index contributed by atoms with van der Waals surface area (Å²) in [7, 11) is 3.17. The number of anilines is 1. The van der Waals surface area contributed by atoms with Crippen molar-refractivity contribution in [2.45, 2.75) is 6.92 Å². The minimum Gasteiger partial charge on any atom is -0.497 e. The highest BCUT2D eigenvalue weighted by Gasteiger charge is 2.12. The lowest BCUT2D eigenvalue weighted by atomic mass is 10.2. The van der Waals surface area contributed by atoms with Crippen LogP contribution in [0.2, 0.25) is 0 Å². The highest BCUT2D eigenvalue weighted by molar-refractivity contribution is 7.80. The maximum atomic E-state index is 12.5. The molecule has 0 atom stereocenters. The zero-order valence-electron chi connectivity index (χ0n) is 17.7. The number of ether oxygens (including phenoxy) is 2. The first kappa shape index (κ1) is 21.3. The van der Waals surface area contributed by atoms with Crippen LogP contribution in [-0.4, -0.2) is 40.2 Å². The second-order valence-electron chi connectivity index (χ2n) is 6.98. The Bertz CT molecular complexity index is 1300. The average molecular weight is 448 g/mol. The van der Waals surface area contributed by atoms with Crippen molar-refractivity contribution in [3.05, 3.63) is 71.8 Å². The average Bonchev–Trinajstić information content (AvgIpc) is 3.22. The van der Waals surface area contributed by atoms with Crippen molar-refractivity contribution < 1.29 is 14.3 Å². The molecule has 0 unspecified atom stereocenters. The first-order valence-corrected chi connectivity index (χ1v) is 10.2. The van der Waals surface area contributed by atoms with E-state index < -0.39 is 0 Å². The standard InChI is InChI=1S/C23H21N5O3S/c1-14-11-20-21(27-28(26-20)16-7-9-17(30-2)10-8-16)13-19(14)24-23(32)25-22(29)15-5-4-6-18(12-15)31-3/h4-13H,1-3H3,(H2,24,25,29,32).